The number of aliphatic carboxylic acids is 2. The van der Waals surface area contributed by atoms with Crippen LogP contribution in [0.1, 0.15) is 33.1 Å². The lowest BCUT2D eigenvalue weighted by atomic mass is 10.1. The number of nitrogens with one attached hydrogen (secondary N) is 1. The summed E-state index contributed by atoms with van der Waals surface area (Å²) in [6, 6.07) is 0.771. The highest BCUT2D eigenvalue weighted by atomic mass is 16.4. The number of carboxylic acid groups (broad SMARTS) is 2. The molecule has 130 valence electrons. The van der Waals surface area contributed by atoms with Gasteiger partial charge < -0.3 is 25.3 Å². The number of carbonyl (C=O) groups is 2. The monoisotopic (exact) mass is 317 g/mol. The van der Waals surface area contributed by atoms with E-state index < -0.39 is 11.9 Å². The zero-order valence-corrected chi connectivity index (χ0v) is 14.0. The second-order valence-electron chi connectivity index (χ2n) is 5.52. The molecule has 0 saturated carbocycles. The molecule has 7 nitrogen and oxygen atoms in total. The highest BCUT2D eigenvalue weighted by molar-refractivity contribution is 6.27. The summed E-state index contributed by atoms with van der Waals surface area (Å²) in [5.74, 6) is -3.65. The van der Waals surface area contributed by atoms with E-state index >= 15 is 0 Å². The Labute approximate surface area is 133 Å². The summed E-state index contributed by atoms with van der Waals surface area (Å²) in [6.45, 7) is 11.8. The first-order chi connectivity index (χ1) is 10.4. The molecule has 0 aromatic rings. The lowest BCUT2D eigenvalue weighted by Gasteiger charge is -2.29. The number of carboxylic acids is 2. The second kappa shape index (κ2) is 12.4. The van der Waals surface area contributed by atoms with Gasteiger partial charge in [-0.3, -0.25) is 0 Å². The number of piperidine rings is 1. The van der Waals surface area contributed by atoms with Gasteiger partial charge in [0.05, 0.1) is 0 Å². The van der Waals surface area contributed by atoms with Gasteiger partial charge >= 0.3 is 11.9 Å². The molecule has 1 aliphatic heterocycles. The highest BCUT2D eigenvalue weighted by Crippen LogP contribution is 2.07. The zero-order chi connectivity index (χ0) is 17.0. The van der Waals surface area contributed by atoms with Gasteiger partial charge in [-0.25, -0.2) is 9.59 Å². The van der Waals surface area contributed by atoms with Crippen LogP contribution < -0.4 is 5.32 Å². The van der Waals surface area contributed by atoms with Crippen molar-refractivity contribution in [3.63, 3.8) is 0 Å². The Bertz CT molecular complexity index is 302. The number of nitrogens with zero attached hydrogens (tertiary/aromatic N) is 2. The predicted molar refractivity (Wildman–Crippen MR) is 86.2 cm³/mol. The molecular formula is C15H31N3O4. The molecular weight excluding hydrogens is 286 g/mol. The van der Waals surface area contributed by atoms with E-state index in [0.29, 0.717) is 0 Å². The Morgan fingerprint density at radius 1 is 1.14 bits per heavy atom. The second-order valence-corrected chi connectivity index (χ2v) is 5.52. The first-order valence-corrected chi connectivity index (χ1v) is 8.01. The summed E-state index contributed by atoms with van der Waals surface area (Å²) in [4.78, 5) is 23.1. The van der Waals surface area contributed by atoms with Gasteiger partial charge in [-0.15, -0.1) is 0 Å². The van der Waals surface area contributed by atoms with Crippen LogP contribution in [0.25, 0.3) is 0 Å². The summed E-state index contributed by atoms with van der Waals surface area (Å²) < 4.78 is 0. The molecule has 22 heavy (non-hydrogen) atoms. The largest absolute Gasteiger partial charge is 0.473 e. The van der Waals surface area contributed by atoms with Crippen molar-refractivity contribution in [1.29, 1.82) is 0 Å². The maximum Gasteiger partial charge on any atom is 0.414 e. The maximum atomic E-state index is 9.10. The molecule has 0 spiro atoms. The normalized spacial score (nSPS) is 16.2. The van der Waals surface area contributed by atoms with Gasteiger partial charge in [0.2, 0.25) is 0 Å². The molecule has 0 amide bonds. The minimum Gasteiger partial charge on any atom is -0.473 e. The van der Waals surface area contributed by atoms with E-state index in [9.17, 15) is 0 Å². The van der Waals surface area contributed by atoms with Crippen LogP contribution in [0.15, 0.2) is 0 Å². The van der Waals surface area contributed by atoms with Gasteiger partial charge in [0.1, 0.15) is 0 Å². The number of hydrogen-bond donors (Lipinski definition) is 3. The molecule has 1 saturated heterocycles. The molecule has 0 atom stereocenters. The minimum absolute atomic E-state index is 0.771. The van der Waals surface area contributed by atoms with E-state index in [1.165, 1.54) is 58.5 Å². The van der Waals surface area contributed by atoms with E-state index in [1.807, 2.05) is 0 Å². The van der Waals surface area contributed by atoms with Gasteiger partial charge in [0.15, 0.2) is 0 Å². The van der Waals surface area contributed by atoms with Crippen molar-refractivity contribution in [3.8, 4) is 0 Å². The lowest BCUT2D eigenvalue weighted by molar-refractivity contribution is -0.159. The smallest absolute Gasteiger partial charge is 0.414 e. The van der Waals surface area contributed by atoms with Crippen molar-refractivity contribution in [3.05, 3.63) is 0 Å². The molecule has 1 rings (SSSR count). The van der Waals surface area contributed by atoms with Crippen molar-refractivity contribution in [2.24, 2.45) is 0 Å². The molecule has 7 heteroatoms. The van der Waals surface area contributed by atoms with Gasteiger partial charge in [-0.05, 0) is 65.6 Å². The first kappa shape index (κ1) is 20.8. The summed E-state index contributed by atoms with van der Waals surface area (Å²) in [5, 5.41) is 18.5. The SMILES string of the molecule is CCN(CC)CCCNC1CCN(C)CC1.O=C(O)C(=O)O. The summed E-state index contributed by atoms with van der Waals surface area (Å²) in [7, 11) is 2.22. The molecule has 0 bridgehead atoms. The third kappa shape index (κ3) is 10.5. The number of likely N-dealkylation sites (tertiary alicyclic amines) is 1. The minimum atomic E-state index is -1.82. The van der Waals surface area contributed by atoms with Gasteiger partial charge in [0, 0.05) is 6.04 Å². The first-order valence-electron chi connectivity index (χ1n) is 8.01. The van der Waals surface area contributed by atoms with Crippen molar-refractivity contribution in [1.82, 2.24) is 15.1 Å². The molecule has 0 aromatic carbocycles. The molecule has 1 heterocycles. The van der Waals surface area contributed by atoms with Crippen LogP contribution in [0.2, 0.25) is 0 Å². The molecule has 0 unspecified atom stereocenters. The maximum absolute atomic E-state index is 9.10. The number of hydrogen-bond acceptors (Lipinski definition) is 5. The third-order valence-electron chi connectivity index (χ3n) is 3.88. The van der Waals surface area contributed by atoms with Crippen LogP contribution in [0, 0.1) is 0 Å². The highest BCUT2D eigenvalue weighted by Gasteiger charge is 2.15. The molecule has 0 aromatic heterocycles. The van der Waals surface area contributed by atoms with E-state index in [1.54, 1.807) is 0 Å². The lowest BCUT2D eigenvalue weighted by Crippen LogP contribution is -2.41. The van der Waals surface area contributed by atoms with Crippen LogP contribution in [0.5, 0.6) is 0 Å². The van der Waals surface area contributed by atoms with E-state index in [-0.39, 0.29) is 0 Å². The summed E-state index contributed by atoms with van der Waals surface area (Å²) in [6.07, 6.45) is 3.93. The van der Waals surface area contributed by atoms with E-state index in [2.05, 4.69) is 36.0 Å². The Kier molecular flexibility index (Phi) is 11.7. The Balaban J connectivity index is 0.000000626. The fraction of sp³-hybridized carbons (Fsp3) is 0.867. The Morgan fingerprint density at radius 2 is 1.64 bits per heavy atom. The van der Waals surface area contributed by atoms with Crippen LogP contribution in [0.4, 0.5) is 0 Å². The molecule has 3 N–H and O–H groups in total. The average Bonchev–Trinajstić information content (AvgIpc) is 2.50. The molecule has 0 radical (unpaired) electrons. The van der Waals surface area contributed by atoms with Crippen LogP contribution in [-0.2, 0) is 9.59 Å². The summed E-state index contributed by atoms with van der Waals surface area (Å²) in [5.41, 5.74) is 0. The van der Waals surface area contributed by atoms with E-state index in [4.69, 9.17) is 19.8 Å². The van der Waals surface area contributed by atoms with Crippen LogP contribution in [-0.4, -0.2) is 84.3 Å². The van der Waals surface area contributed by atoms with Crippen molar-refractivity contribution >= 4 is 11.9 Å². The fourth-order valence-corrected chi connectivity index (χ4v) is 2.36. The third-order valence-corrected chi connectivity index (χ3v) is 3.88. The summed E-state index contributed by atoms with van der Waals surface area (Å²) >= 11 is 0. The Hall–Kier alpha value is -1.18. The topological polar surface area (TPSA) is 93.1 Å². The number of rotatable bonds is 7. The van der Waals surface area contributed by atoms with Crippen molar-refractivity contribution in [2.45, 2.75) is 39.2 Å². The van der Waals surface area contributed by atoms with Crippen LogP contribution in [0.3, 0.4) is 0 Å². The average molecular weight is 317 g/mol. The van der Waals surface area contributed by atoms with Gasteiger partial charge in [0.25, 0.3) is 0 Å². The predicted octanol–water partition coefficient (Wildman–Crippen LogP) is 0.558. The zero-order valence-electron chi connectivity index (χ0n) is 14.0. The Morgan fingerprint density at radius 3 is 2.05 bits per heavy atom. The fourth-order valence-electron chi connectivity index (χ4n) is 2.36. The molecule has 0 aliphatic carbocycles. The van der Waals surface area contributed by atoms with Gasteiger partial charge in [-0.1, -0.05) is 13.8 Å². The van der Waals surface area contributed by atoms with E-state index in [0.717, 1.165) is 6.04 Å². The van der Waals surface area contributed by atoms with Gasteiger partial charge in [-0.2, -0.15) is 0 Å². The molecule has 1 aliphatic rings. The molecule has 1 fully saturated rings. The van der Waals surface area contributed by atoms with Crippen molar-refractivity contribution < 1.29 is 19.8 Å². The van der Waals surface area contributed by atoms with Crippen molar-refractivity contribution in [2.75, 3.05) is 46.3 Å². The standard InChI is InChI=1S/C13H29N3.C2H2O4/c1-4-16(5-2)10-6-9-14-13-7-11-15(3)12-8-13;3-1(4)2(5)6/h13-14H,4-12H2,1-3H3;(H,3,4)(H,5,6). The quantitative estimate of drug-likeness (QED) is 0.466. The van der Waals surface area contributed by atoms with Crippen LogP contribution >= 0.6 is 0 Å².